The Hall–Kier alpha value is -3.41. The first kappa shape index (κ1) is 21.3. The monoisotopic (exact) mass is 404 g/mol. The molecule has 3 rings (SSSR count). The molecular formula is C24H28N4O2. The molecule has 0 fully saturated rings. The van der Waals surface area contributed by atoms with Gasteiger partial charge in [-0.25, -0.2) is 0 Å². The maximum absolute atomic E-state index is 12.9. The second-order valence-electron chi connectivity index (χ2n) is 7.19. The third-order valence-electron chi connectivity index (χ3n) is 5.09. The maximum atomic E-state index is 12.9. The Morgan fingerprint density at radius 1 is 1.03 bits per heavy atom. The Bertz CT molecular complexity index is 1010. The highest BCUT2D eigenvalue weighted by atomic mass is 16.2. The minimum atomic E-state index is -0.178. The molecule has 1 aromatic heterocycles. The molecule has 0 aliphatic carbocycles. The van der Waals surface area contributed by atoms with Gasteiger partial charge in [0.1, 0.15) is 0 Å². The number of aromatic nitrogens is 2. The lowest BCUT2D eigenvalue weighted by molar-refractivity contribution is -0.129. The zero-order valence-electron chi connectivity index (χ0n) is 17.8. The van der Waals surface area contributed by atoms with Crippen molar-refractivity contribution < 1.29 is 9.59 Å². The summed E-state index contributed by atoms with van der Waals surface area (Å²) in [5.74, 6) is -0.146. The molecule has 6 nitrogen and oxygen atoms in total. The van der Waals surface area contributed by atoms with E-state index in [1.165, 1.54) is 0 Å². The van der Waals surface area contributed by atoms with Gasteiger partial charge in [-0.15, -0.1) is 0 Å². The van der Waals surface area contributed by atoms with E-state index in [-0.39, 0.29) is 11.8 Å². The smallest absolute Gasteiger partial charge is 0.259 e. The van der Waals surface area contributed by atoms with Crippen LogP contribution in [0.5, 0.6) is 0 Å². The quantitative estimate of drug-likeness (QED) is 0.614. The molecule has 0 bridgehead atoms. The highest BCUT2D eigenvalue weighted by molar-refractivity contribution is 6.05. The van der Waals surface area contributed by atoms with Crippen molar-refractivity contribution in [1.29, 1.82) is 0 Å². The number of nitrogens with one attached hydrogen (secondary N) is 1. The first-order valence-corrected chi connectivity index (χ1v) is 10.3. The Morgan fingerprint density at radius 2 is 1.77 bits per heavy atom. The molecular weight excluding hydrogens is 376 g/mol. The maximum Gasteiger partial charge on any atom is 0.259 e. The average Bonchev–Trinajstić information content (AvgIpc) is 3.15. The highest BCUT2D eigenvalue weighted by Gasteiger charge is 2.17. The van der Waals surface area contributed by atoms with Gasteiger partial charge in [0.2, 0.25) is 5.91 Å². The minimum Gasteiger partial charge on any atom is -0.339 e. The van der Waals surface area contributed by atoms with Gasteiger partial charge in [0, 0.05) is 25.7 Å². The van der Waals surface area contributed by atoms with E-state index >= 15 is 0 Å². The van der Waals surface area contributed by atoms with Gasteiger partial charge in [-0.3, -0.25) is 14.3 Å². The molecule has 0 unspecified atom stereocenters. The van der Waals surface area contributed by atoms with Crippen LogP contribution in [0.3, 0.4) is 0 Å². The molecule has 156 valence electrons. The molecule has 0 spiro atoms. The lowest BCUT2D eigenvalue weighted by Crippen LogP contribution is -2.27. The van der Waals surface area contributed by atoms with E-state index in [0.29, 0.717) is 37.3 Å². The Morgan fingerprint density at radius 3 is 2.43 bits per heavy atom. The van der Waals surface area contributed by atoms with Crippen molar-refractivity contribution in [3.8, 4) is 0 Å². The molecule has 1 N–H and O–H groups in total. The predicted molar refractivity (Wildman–Crippen MR) is 118 cm³/mol. The lowest BCUT2D eigenvalue weighted by atomic mass is 10.1. The van der Waals surface area contributed by atoms with Crippen LogP contribution < -0.4 is 5.32 Å². The Balaban J connectivity index is 1.75. The Kier molecular flexibility index (Phi) is 7.01. The van der Waals surface area contributed by atoms with Crippen molar-refractivity contribution in [2.45, 2.75) is 40.3 Å². The van der Waals surface area contributed by atoms with Crippen molar-refractivity contribution in [2.75, 3.05) is 11.9 Å². The van der Waals surface area contributed by atoms with E-state index < -0.39 is 0 Å². The van der Waals surface area contributed by atoms with E-state index in [4.69, 9.17) is 0 Å². The second-order valence-corrected chi connectivity index (χ2v) is 7.19. The zero-order valence-corrected chi connectivity index (χ0v) is 17.8. The fraction of sp³-hybridized carbons (Fsp3) is 0.292. The van der Waals surface area contributed by atoms with Gasteiger partial charge in [0.05, 0.1) is 24.0 Å². The fourth-order valence-electron chi connectivity index (χ4n) is 3.48. The molecule has 0 aliphatic rings. The SMILES string of the molecule is CCc1c(C(=O)Nc2cccc(CN(CC)C(C)=O)c2)cnn1Cc1ccccc1. The number of amides is 2. The van der Waals surface area contributed by atoms with Crippen LogP contribution in [0.1, 0.15) is 48.0 Å². The molecule has 2 aromatic carbocycles. The van der Waals surface area contributed by atoms with Gasteiger partial charge in [-0.1, -0.05) is 49.4 Å². The number of nitrogens with zero attached hydrogens (tertiary/aromatic N) is 3. The number of rotatable bonds is 8. The summed E-state index contributed by atoms with van der Waals surface area (Å²) in [7, 11) is 0. The second kappa shape index (κ2) is 9.87. The number of benzene rings is 2. The van der Waals surface area contributed by atoms with Gasteiger partial charge in [0.25, 0.3) is 5.91 Å². The van der Waals surface area contributed by atoms with Crippen molar-refractivity contribution in [2.24, 2.45) is 0 Å². The summed E-state index contributed by atoms with van der Waals surface area (Å²) in [4.78, 5) is 26.4. The number of carbonyl (C=O) groups excluding carboxylic acids is 2. The summed E-state index contributed by atoms with van der Waals surface area (Å²) in [6, 6.07) is 17.7. The topological polar surface area (TPSA) is 67.2 Å². The largest absolute Gasteiger partial charge is 0.339 e. The fourth-order valence-corrected chi connectivity index (χ4v) is 3.48. The van der Waals surface area contributed by atoms with Gasteiger partial charge < -0.3 is 10.2 Å². The molecule has 0 saturated heterocycles. The summed E-state index contributed by atoms with van der Waals surface area (Å²) < 4.78 is 1.88. The van der Waals surface area contributed by atoms with Crippen molar-refractivity contribution in [1.82, 2.24) is 14.7 Å². The number of anilines is 1. The van der Waals surface area contributed by atoms with Gasteiger partial charge in [0.15, 0.2) is 0 Å². The summed E-state index contributed by atoms with van der Waals surface area (Å²) >= 11 is 0. The predicted octanol–water partition coefficient (Wildman–Crippen LogP) is 4.11. The lowest BCUT2D eigenvalue weighted by Gasteiger charge is -2.19. The summed E-state index contributed by atoms with van der Waals surface area (Å²) in [5, 5.41) is 7.42. The van der Waals surface area contributed by atoms with Gasteiger partial charge in [-0.2, -0.15) is 5.10 Å². The van der Waals surface area contributed by atoms with E-state index in [0.717, 1.165) is 16.8 Å². The molecule has 0 saturated carbocycles. The molecule has 0 aliphatic heterocycles. The molecule has 1 heterocycles. The highest BCUT2D eigenvalue weighted by Crippen LogP contribution is 2.17. The summed E-state index contributed by atoms with van der Waals surface area (Å²) in [6.45, 7) is 7.33. The first-order valence-electron chi connectivity index (χ1n) is 10.3. The number of carbonyl (C=O) groups is 2. The van der Waals surface area contributed by atoms with Gasteiger partial charge >= 0.3 is 0 Å². The van der Waals surface area contributed by atoms with E-state index in [9.17, 15) is 9.59 Å². The third kappa shape index (κ3) is 5.14. The van der Waals surface area contributed by atoms with E-state index in [1.54, 1.807) is 18.0 Å². The van der Waals surface area contributed by atoms with Crippen LogP contribution in [0, 0.1) is 0 Å². The molecule has 3 aromatic rings. The van der Waals surface area contributed by atoms with Crippen LogP contribution in [0.25, 0.3) is 0 Å². The third-order valence-corrected chi connectivity index (χ3v) is 5.09. The summed E-state index contributed by atoms with van der Waals surface area (Å²) in [5.41, 5.74) is 4.30. The number of hydrogen-bond donors (Lipinski definition) is 1. The molecule has 0 atom stereocenters. The first-order chi connectivity index (χ1) is 14.5. The average molecular weight is 405 g/mol. The van der Waals surface area contributed by atoms with Crippen molar-refractivity contribution in [3.63, 3.8) is 0 Å². The Labute approximate surface area is 177 Å². The van der Waals surface area contributed by atoms with Crippen LogP contribution in [0.4, 0.5) is 5.69 Å². The van der Waals surface area contributed by atoms with E-state index in [1.807, 2.05) is 73.1 Å². The summed E-state index contributed by atoms with van der Waals surface area (Å²) in [6.07, 6.45) is 2.34. The molecule has 0 radical (unpaired) electrons. The normalized spacial score (nSPS) is 10.6. The number of hydrogen-bond acceptors (Lipinski definition) is 3. The standard InChI is InChI=1S/C24H28N4O2/c1-4-23-22(15-25-28(23)17-19-10-7-6-8-11-19)24(30)26-21-13-9-12-20(14-21)16-27(5-2)18(3)29/h6-15H,4-5,16-17H2,1-3H3,(H,26,30). The zero-order chi connectivity index (χ0) is 21.5. The van der Waals surface area contributed by atoms with Crippen molar-refractivity contribution >= 4 is 17.5 Å². The molecule has 2 amide bonds. The molecule has 30 heavy (non-hydrogen) atoms. The van der Waals surface area contributed by atoms with Crippen LogP contribution in [0.2, 0.25) is 0 Å². The van der Waals surface area contributed by atoms with Gasteiger partial charge in [-0.05, 0) is 36.6 Å². The van der Waals surface area contributed by atoms with Crippen LogP contribution >= 0.6 is 0 Å². The van der Waals surface area contributed by atoms with Crippen molar-refractivity contribution in [3.05, 3.63) is 83.2 Å². The van der Waals surface area contributed by atoms with Crippen LogP contribution in [-0.2, 0) is 24.3 Å². The van der Waals surface area contributed by atoms with E-state index in [2.05, 4.69) is 10.4 Å². The van der Waals surface area contributed by atoms with Crippen LogP contribution in [-0.4, -0.2) is 33.0 Å². The minimum absolute atomic E-state index is 0.0327. The van der Waals surface area contributed by atoms with Crippen LogP contribution in [0.15, 0.2) is 60.8 Å². The molecule has 6 heteroatoms.